The Morgan fingerprint density at radius 2 is 2.21 bits per heavy atom. The van der Waals surface area contributed by atoms with Gasteiger partial charge in [-0.15, -0.1) is 0 Å². The SMILES string of the molecule is N#CCC(N)c1cc2ccccc2o1. The largest absolute Gasteiger partial charge is 0.459 e. The van der Waals surface area contributed by atoms with E-state index in [9.17, 15) is 0 Å². The molecule has 70 valence electrons. The topological polar surface area (TPSA) is 63.0 Å². The molecule has 3 nitrogen and oxygen atoms in total. The van der Waals surface area contributed by atoms with Crippen molar-refractivity contribution in [3.8, 4) is 6.07 Å². The van der Waals surface area contributed by atoms with Crippen LogP contribution in [-0.2, 0) is 0 Å². The minimum absolute atomic E-state index is 0.278. The predicted molar refractivity (Wildman–Crippen MR) is 53.4 cm³/mol. The first-order valence-corrected chi connectivity index (χ1v) is 4.42. The van der Waals surface area contributed by atoms with E-state index in [4.69, 9.17) is 15.4 Å². The zero-order valence-electron chi connectivity index (χ0n) is 7.60. The maximum atomic E-state index is 8.50. The van der Waals surface area contributed by atoms with E-state index in [0.717, 1.165) is 11.0 Å². The van der Waals surface area contributed by atoms with E-state index in [0.29, 0.717) is 5.76 Å². The molecule has 0 radical (unpaired) electrons. The Balaban J connectivity index is 2.41. The zero-order valence-corrected chi connectivity index (χ0v) is 7.60. The molecule has 1 atom stereocenters. The van der Waals surface area contributed by atoms with Gasteiger partial charge in [0, 0.05) is 5.39 Å². The molecule has 0 bridgehead atoms. The Labute approximate surface area is 81.7 Å². The van der Waals surface area contributed by atoms with Crippen LogP contribution in [0.15, 0.2) is 34.7 Å². The number of nitriles is 1. The lowest BCUT2D eigenvalue weighted by Gasteiger charge is -2.00. The molecule has 0 spiro atoms. The molecule has 1 heterocycles. The first-order chi connectivity index (χ1) is 6.81. The lowest BCUT2D eigenvalue weighted by molar-refractivity contribution is 0.499. The third-order valence-electron chi connectivity index (χ3n) is 2.12. The quantitative estimate of drug-likeness (QED) is 0.782. The lowest BCUT2D eigenvalue weighted by atomic mass is 10.1. The number of fused-ring (bicyclic) bond motifs is 1. The van der Waals surface area contributed by atoms with Crippen LogP contribution in [0.25, 0.3) is 11.0 Å². The van der Waals surface area contributed by atoms with Gasteiger partial charge in [-0.2, -0.15) is 5.26 Å². The number of rotatable bonds is 2. The van der Waals surface area contributed by atoms with Gasteiger partial charge < -0.3 is 10.2 Å². The van der Waals surface area contributed by atoms with E-state index >= 15 is 0 Å². The smallest absolute Gasteiger partial charge is 0.134 e. The molecule has 0 aliphatic carbocycles. The van der Waals surface area contributed by atoms with Crippen LogP contribution < -0.4 is 5.73 Å². The van der Waals surface area contributed by atoms with E-state index < -0.39 is 0 Å². The summed E-state index contributed by atoms with van der Waals surface area (Å²) < 4.78 is 5.51. The molecular formula is C11H10N2O. The van der Waals surface area contributed by atoms with Crippen LogP contribution in [0.5, 0.6) is 0 Å². The molecule has 1 aromatic heterocycles. The molecule has 2 N–H and O–H groups in total. The van der Waals surface area contributed by atoms with Gasteiger partial charge in [-0.25, -0.2) is 0 Å². The number of benzene rings is 1. The number of furan rings is 1. The highest BCUT2D eigenvalue weighted by Gasteiger charge is 2.10. The summed E-state index contributed by atoms with van der Waals surface area (Å²) >= 11 is 0. The predicted octanol–water partition coefficient (Wildman–Crippen LogP) is 2.35. The average molecular weight is 186 g/mol. The summed E-state index contributed by atoms with van der Waals surface area (Å²) in [6, 6.07) is 11.3. The van der Waals surface area contributed by atoms with Crippen molar-refractivity contribution in [2.24, 2.45) is 5.73 Å². The molecule has 0 amide bonds. The summed E-state index contributed by atoms with van der Waals surface area (Å²) in [5.41, 5.74) is 6.57. The summed E-state index contributed by atoms with van der Waals surface area (Å²) in [6.45, 7) is 0. The van der Waals surface area contributed by atoms with Crippen molar-refractivity contribution >= 4 is 11.0 Å². The second-order valence-corrected chi connectivity index (χ2v) is 3.16. The third kappa shape index (κ3) is 1.48. The minimum Gasteiger partial charge on any atom is -0.459 e. The van der Waals surface area contributed by atoms with Crippen LogP contribution in [0.2, 0.25) is 0 Å². The summed E-state index contributed by atoms with van der Waals surface area (Å²) in [6.07, 6.45) is 0.278. The van der Waals surface area contributed by atoms with Crippen LogP contribution in [0, 0.1) is 11.3 Å². The number of hydrogen-bond acceptors (Lipinski definition) is 3. The fraction of sp³-hybridized carbons (Fsp3) is 0.182. The van der Waals surface area contributed by atoms with Gasteiger partial charge in [-0.1, -0.05) is 18.2 Å². The molecule has 0 saturated carbocycles. The summed E-state index contributed by atoms with van der Waals surface area (Å²) in [4.78, 5) is 0. The molecule has 2 rings (SSSR count). The van der Waals surface area contributed by atoms with E-state index in [-0.39, 0.29) is 12.5 Å². The van der Waals surface area contributed by atoms with Crippen LogP contribution >= 0.6 is 0 Å². The van der Waals surface area contributed by atoms with Crippen molar-refractivity contribution < 1.29 is 4.42 Å². The Bertz CT molecular complexity index is 448. The standard InChI is InChI=1S/C11H10N2O/c12-6-5-9(13)11-7-8-3-1-2-4-10(8)14-11/h1-4,7,9H,5,13H2. The molecule has 1 aromatic carbocycles. The molecule has 0 aliphatic heterocycles. The maximum absolute atomic E-state index is 8.50. The third-order valence-corrected chi connectivity index (χ3v) is 2.12. The highest BCUT2D eigenvalue weighted by atomic mass is 16.3. The van der Waals surface area contributed by atoms with Gasteiger partial charge >= 0.3 is 0 Å². The van der Waals surface area contributed by atoms with Crippen molar-refractivity contribution in [1.82, 2.24) is 0 Å². The van der Waals surface area contributed by atoms with Gasteiger partial charge in [0.25, 0.3) is 0 Å². The lowest BCUT2D eigenvalue weighted by Crippen LogP contribution is -2.07. The van der Waals surface area contributed by atoms with Crippen LogP contribution in [0.3, 0.4) is 0 Å². The molecule has 0 fully saturated rings. The monoisotopic (exact) mass is 186 g/mol. The first kappa shape index (κ1) is 8.79. The van der Waals surface area contributed by atoms with Crippen LogP contribution in [0.4, 0.5) is 0 Å². The Hall–Kier alpha value is -1.79. The fourth-order valence-corrected chi connectivity index (χ4v) is 1.38. The Morgan fingerprint density at radius 3 is 2.93 bits per heavy atom. The highest BCUT2D eigenvalue weighted by molar-refractivity contribution is 5.77. The van der Waals surface area contributed by atoms with E-state index in [1.54, 1.807) is 0 Å². The summed E-state index contributed by atoms with van der Waals surface area (Å²) in [5, 5.41) is 9.53. The van der Waals surface area contributed by atoms with E-state index in [1.807, 2.05) is 36.4 Å². The molecule has 0 saturated heterocycles. The molecule has 3 heteroatoms. The van der Waals surface area contributed by atoms with Gasteiger partial charge in [0.05, 0.1) is 18.5 Å². The molecule has 0 aliphatic rings. The summed E-state index contributed by atoms with van der Waals surface area (Å²) in [7, 11) is 0. The molecule has 1 unspecified atom stereocenters. The minimum atomic E-state index is -0.326. The van der Waals surface area contributed by atoms with Gasteiger partial charge in [0.15, 0.2) is 0 Å². The van der Waals surface area contributed by atoms with Crippen molar-refractivity contribution in [2.45, 2.75) is 12.5 Å². The molecule has 14 heavy (non-hydrogen) atoms. The van der Waals surface area contributed by atoms with Crippen molar-refractivity contribution in [3.63, 3.8) is 0 Å². The van der Waals surface area contributed by atoms with Crippen LogP contribution in [-0.4, -0.2) is 0 Å². The second-order valence-electron chi connectivity index (χ2n) is 3.16. The van der Waals surface area contributed by atoms with Gasteiger partial charge in [-0.3, -0.25) is 0 Å². The van der Waals surface area contributed by atoms with Crippen molar-refractivity contribution in [1.29, 1.82) is 5.26 Å². The molecular weight excluding hydrogens is 176 g/mol. The number of para-hydroxylation sites is 1. The zero-order chi connectivity index (χ0) is 9.97. The Morgan fingerprint density at radius 1 is 1.43 bits per heavy atom. The second kappa shape index (κ2) is 3.52. The number of hydrogen-bond donors (Lipinski definition) is 1. The fourth-order valence-electron chi connectivity index (χ4n) is 1.38. The van der Waals surface area contributed by atoms with Crippen molar-refractivity contribution in [3.05, 3.63) is 36.1 Å². The van der Waals surface area contributed by atoms with E-state index in [2.05, 4.69) is 0 Å². The van der Waals surface area contributed by atoms with E-state index in [1.165, 1.54) is 0 Å². The van der Waals surface area contributed by atoms with Gasteiger partial charge in [-0.05, 0) is 12.1 Å². The van der Waals surface area contributed by atoms with Crippen molar-refractivity contribution in [2.75, 3.05) is 0 Å². The average Bonchev–Trinajstić information content (AvgIpc) is 2.61. The van der Waals surface area contributed by atoms with Gasteiger partial charge in [0.1, 0.15) is 11.3 Å². The maximum Gasteiger partial charge on any atom is 0.134 e. The number of nitrogens with zero attached hydrogens (tertiary/aromatic N) is 1. The van der Waals surface area contributed by atoms with Crippen LogP contribution in [0.1, 0.15) is 18.2 Å². The van der Waals surface area contributed by atoms with Gasteiger partial charge in [0.2, 0.25) is 0 Å². The first-order valence-electron chi connectivity index (χ1n) is 4.42. The molecule has 2 aromatic rings. The summed E-state index contributed by atoms with van der Waals surface area (Å²) in [5.74, 6) is 0.674. The normalized spacial score (nSPS) is 12.6. The number of nitrogens with two attached hydrogens (primary N) is 1. The highest BCUT2D eigenvalue weighted by Crippen LogP contribution is 2.23. The Kier molecular flexibility index (Phi) is 2.21.